The second kappa shape index (κ2) is 11.2. The van der Waals surface area contributed by atoms with Crippen LogP contribution in [0.1, 0.15) is 0 Å². The topological polar surface area (TPSA) is 25.8 Å². The Morgan fingerprint density at radius 2 is 0.959 bits per heavy atom. The molecule has 0 unspecified atom stereocenters. The smallest absolute Gasteiger partial charge is 0.0979 e. The molecule has 0 atom stereocenters. The van der Waals surface area contributed by atoms with Gasteiger partial charge in [0.2, 0.25) is 0 Å². The minimum absolute atomic E-state index is 0.870. The monoisotopic (exact) mass is 640 g/mol. The van der Waals surface area contributed by atoms with Crippen molar-refractivity contribution in [2.75, 3.05) is 0 Å². The first-order valence-electron chi connectivity index (χ1n) is 16.6. The number of thiophene rings is 1. The molecule has 2 aromatic heterocycles. The maximum Gasteiger partial charge on any atom is 0.0979 e. The number of fused-ring (bicyclic) bond motifs is 9. The van der Waals surface area contributed by atoms with Gasteiger partial charge in [-0.2, -0.15) is 0 Å². The Kier molecular flexibility index (Phi) is 6.39. The highest BCUT2D eigenvalue weighted by molar-refractivity contribution is 7.26. The highest BCUT2D eigenvalue weighted by atomic mass is 32.1. The second-order valence-corrected chi connectivity index (χ2v) is 13.6. The molecule has 0 aliphatic rings. The average molecular weight is 641 g/mol. The predicted molar refractivity (Wildman–Crippen MR) is 209 cm³/mol. The van der Waals surface area contributed by atoms with Crippen molar-refractivity contribution in [3.63, 3.8) is 0 Å². The molecule has 10 rings (SSSR count). The van der Waals surface area contributed by atoms with Gasteiger partial charge in [-0.05, 0) is 68.9 Å². The number of hydrogen-bond donors (Lipinski definition) is 0. The summed E-state index contributed by atoms with van der Waals surface area (Å²) in [5.41, 5.74) is 11.1. The molecule has 2 heterocycles. The van der Waals surface area contributed by atoms with E-state index < -0.39 is 0 Å². The number of benzene rings is 8. The van der Waals surface area contributed by atoms with Gasteiger partial charge in [-0.25, -0.2) is 4.98 Å². The number of nitrogens with zero attached hydrogens (tertiary/aromatic N) is 2. The molecule has 10 aromatic rings. The van der Waals surface area contributed by atoms with Gasteiger partial charge in [0.25, 0.3) is 0 Å². The van der Waals surface area contributed by atoms with Gasteiger partial charge >= 0.3 is 0 Å². The van der Waals surface area contributed by atoms with Crippen molar-refractivity contribution in [3.8, 4) is 44.6 Å². The number of rotatable bonds is 4. The van der Waals surface area contributed by atoms with E-state index in [1.807, 2.05) is 17.5 Å². The van der Waals surface area contributed by atoms with E-state index >= 15 is 0 Å². The van der Waals surface area contributed by atoms with E-state index in [4.69, 9.17) is 9.97 Å². The SMILES string of the molecule is c1ccc(-c2ccc3sc4c(-c5cccc(-c6cnc7c8ccccc8c8ccccc8c7n6)c5)cc(-c5ccccc5)cc4c3c2)cc1. The van der Waals surface area contributed by atoms with Gasteiger partial charge in [0.05, 0.1) is 22.9 Å². The molecule has 0 aliphatic carbocycles. The molecule has 0 bridgehead atoms. The molecule has 8 aromatic carbocycles. The van der Waals surface area contributed by atoms with Crippen LogP contribution in [0.2, 0.25) is 0 Å². The summed E-state index contributed by atoms with van der Waals surface area (Å²) in [6.45, 7) is 0. The molecule has 3 heteroatoms. The number of hydrogen-bond acceptors (Lipinski definition) is 3. The van der Waals surface area contributed by atoms with Crippen LogP contribution in [0.25, 0.3) is 97.4 Å². The van der Waals surface area contributed by atoms with Gasteiger partial charge < -0.3 is 0 Å². The van der Waals surface area contributed by atoms with Crippen molar-refractivity contribution in [2.24, 2.45) is 0 Å². The lowest BCUT2D eigenvalue weighted by atomic mass is 9.94. The summed E-state index contributed by atoms with van der Waals surface area (Å²) in [6.07, 6.45) is 1.93. The van der Waals surface area contributed by atoms with E-state index in [0.29, 0.717) is 0 Å². The quantitative estimate of drug-likeness (QED) is 0.179. The normalized spacial score (nSPS) is 11.7. The van der Waals surface area contributed by atoms with Crippen molar-refractivity contribution in [2.45, 2.75) is 0 Å². The number of aromatic nitrogens is 2. The van der Waals surface area contributed by atoms with E-state index in [1.54, 1.807) is 0 Å². The fourth-order valence-electron chi connectivity index (χ4n) is 7.31. The summed E-state index contributed by atoms with van der Waals surface area (Å²) in [4.78, 5) is 10.3. The zero-order valence-electron chi connectivity index (χ0n) is 26.5. The Balaban J connectivity index is 1.18. The van der Waals surface area contributed by atoms with Gasteiger partial charge in [-0.1, -0.05) is 133 Å². The molecule has 0 aliphatic heterocycles. The summed E-state index contributed by atoms with van der Waals surface area (Å²) in [7, 11) is 0. The van der Waals surface area contributed by atoms with Gasteiger partial charge in [-0.15, -0.1) is 11.3 Å². The third kappa shape index (κ3) is 4.62. The van der Waals surface area contributed by atoms with Crippen LogP contribution < -0.4 is 0 Å². The van der Waals surface area contributed by atoms with Gasteiger partial charge in [0.1, 0.15) is 0 Å². The minimum Gasteiger partial charge on any atom is -0.252 e. The second-order valence-electron chi connectivity index (χ2n) is 12.6. The molecule has 0 spiro atoms. The zero-order chi connectivity index (χ0) is 32.3. The first kappa shape index (κ1) is 27.9. The maximum atomic E-state index is 5.30. The first-order valence-corrected chi connectivity index (χ1v) is 17.4. The van der Waals surface area contributed by atoms with E-state index in [0.717, 1.165) is 33.1 Å². The third-order valence-corrected chi connectivity index (χ3v) is 10.9. The lowest BCUT2D eigenvalue weighted by Gasteiger charge is -2.12. The van der Waals surface area contributed by atoms with Crippen LogP contribution in [0, 0.1) is 0 Å². The molecule has 0 saturated carbocycles. The van der Waals surface area contributed by atoms with Crippen LogP contribution in [0.5, 0.6) is 0 Å². The average Bonchev–Trinajstić information content (AvgIpc) is 3.56. The molecule has 0 amide bonds. The summed E-state index contributed by atoms with van der Waals surface area (Å²) in [5, 5.41) is 7.23. The molecular formula is C46H28N2S. The third-order valence-electron chi connectivity index (χ3n) is 9.68. The lowest BCUT2D eigenvalue weighted by Crippen LogP contribution is -1.92. The Morgan fingerprint density at radius 3 is 1.69 bits per heavy atom. The molecule has 0 radical (unpaired) electrons. The Bertz CT molecular complexity index is 2840. The Labute approximate surface area is 287 Å². The molecule has 0 saturated heterocycles. The van der Waals surface area contributed by atoms with Gasteiger partial charge in [0.15, 0.2) is 0 Å². The van der Waals surface area contributed by atoms with Crippen molar-refractivity contribution in [3.05, 3.63) is 170 Å². The van der Waals surface area contributed by atoms with Crippen LogP contribution in [0.15, 0.2) is 170 Å². The summed E-state index contributed by atoms with van der Waals surface area (Å²) >= 11 is 1.87. The predicted octanol–water partition coefficient (Wildman–Crippen LogP) is 13.0. The van der Waals surface area contributed by atoms with Gasteiger partial charge in [0, 0.05) is 42.1 Å². The standard InChI is InChI=1S/C46H28N2S/c1-3-12-29(13-4-1)31-22-23-43-40(25-31)41-27-34(30-14-5-2-6-15-30)26-39(46(41)49-43)32-16-11-17-33(24-32)42-28-47-44-37-20-9-7-18-35(37)36-19-8-10-21-38(36)45(44)48-42/h1-28H. The summed E-state index contributed by atoms with van der Waals surface area (Å²) < 4.78 is 2.58. The van der Waals surface area contributed by atoms with E-state index in [-0.39, 0.29) is 0 Å². The molecule has 0 N–H and O–H groups in total. The minimum atomic E-state index is 0.870. The van der Waals surface area contributed by atoms with Crippen LogP contribution in [0.3, 0.4) is 0 Å². The largest absolute Gasteiger partial charge is 0.252 e. The van der Waals surface area contributed by atoms with E-state index in [2.05, 4.69) is 164 Å². The van der Waals surface area contributed by atoms with Crippen molar-refractivity contribution in [1.82, 2.24) is 9.97 Å². The van der Waals surface area contributed by atoms with Crippen LogP contribution in [0.4, 0.5) is 0 Å². The molecule has 49 heavy (non-hydrogen) atoms. The van der Waals surface area contributed by atoms with Crippen LogP contribution in [-0.2, 0) is 0 Å². The molecule has 2 nitrogen and oxygen atoms in total. The first-order chi connectivity index (χ1) is 24.3. The maximum absolute atomic E-state index is 5.30. The zero-order valence-corrected chi connectivity index (χ0v) is 27.3. The van der Waals surface area contributed by atoms with Crippen LogP contribution in [-0.4, -0.2) is 9.97 Å². The van der Waals surface area contributed by atoms with E-state index in [9.17, 15) is 0 Å². The Hall–Kier alpha value is -6.16. The molecule has 0 fully saturated rings. The molecule has 228 valence electrons. The fraction of sp³-hybridized carbons (Fsp3) is 0. The Morgan fingerprint density at radius 1 is 0.367 bits per heavy atom. The lowest BCUT2D eigenvalue weighted by molar-refractivity contribution is 1.31. The highest BCUT2D eigenvalue weighted by Crippen LogP contribution is 2.44. The van der Waals surface area contributed by atoms with Crippen molar-refractivity contribution in [1.29, 1.82) is 0 Å². The fourth-order valence-corrected chi connectivity index (χ4v) is 8.51. The summed E-state index contributed by atoms with van der Waals surface area (Å²) in [5.74, 6) is 0. The van der Waals surface area contributed by atoms with E-state index in [1.165, 1.54) is 64.3 Å². The van der Waals surface area contributed by atoms with Crippen LogP contribution >= 0.6 is 11.3 Å². The van der Waals surface area contributed by atoms with Gasteiger partial charge in [-0.3, -0.25) is 4.98 Å². The summed E-state index contributed by atoms with van der Waals surface area (Å²) in [6, 6.07) is 58.8. The van der Waals surface area contributed by atoms with Crippen molar-refractivity contribution >= 4 is 64.1 Å². The molecular weight excluding hydrogens is 613 g/mol. The highest BCUT2D eigenvalue weighted by Gasteiger charge is 2.16. The van der Waals surface area contributed by atoms with Crippen molar-refractivity contribution < 1.29 is 0 Å².